The maximum Gasteiger partial charge on any atom is 0.286 e. The SMILES string of the molecule is O=c1cc(NCc2ccccc2)c2cncnc2n1O. The summed E-state index contributed by atoms with van der Waals surface area (Å²) in [7, 11) is 0. The number of rotatable bonds is 3. The Labute approximate surface area is 114 Å². The smallest absolute Gasteiger partial charge is 0.286 e. The van der Waals surface area contributed by atoms with Gasteiger partial charge in [0.15, 0.2) is 5.65 Å². The molecular formula is C14H12N4O2. The van der Waals surface area contributed by atoms with Gasteiger partial charge < -0.3 is 10.5 Å². The molecule has 2 aromatic heterocycles. The first kappa shape index (κ1) is 12.2. The number of aromatic nitrogens is 3. The number of fused-ring (bicyclic) bond motifs is 1. The highest BCUT2D eigenvalue weighted by Crippen LogP contribution is 2.18. The van der Waals surface area contributed by atoms with Gasteiger partial charge >= 0.3 is 0 Å². The van der Waals surface area contributed by atoms with Crippen LogP contribution in [0.5, 0.6) is 0 Å². The summed E-state index contributed by atoms with van der Waals surface area (Å²) in [5, 5.41) is 13.4. The van der Waals surface area contributed by atoms with Crippen molar-refractivity contribution in [1.82, 2.24) is 14.7 Å². The molecule has 6 heteroatoms. The normalized spacial score (nSPS) is 10.6. The van der Waals surface area contributed by atoms with Gasteiger partial charge in [-0.15, -0.1) is 4.73 Å². The van der Waals surface area contributed by atoms with E-state index in [2.05, 4.69) is 15.3 Å². The van der Waals surface area contributed by atoms with Crippen molar-refractivity contribution in [2.75, 3.05) is 5.32 Å². The summed E-state index contributed by atoms with van der Waals surface area (Å²) >= 11 is 0. The molecule has 100 valence electrons. The van der Waals surface area contributed by atoms with Crippen LogP contribution in [0.25, 0.3) is 11.0 Å². The Kier molecular flexibility index (Phi) is 3.04. The second-order valence-corrected chi connectivity index (χ2v) is 4.31. The molecule has 0 saturated carbocycles. The van der Waals surface area contributed by atoms with Crippen molar-refractivity contribution in [2.45, 2.75) is 6.54 Å². The molecule has 0 amide bonds. The van der Waals surface area contributed by atoms with Gasteiger partial charge in [-0.1, -0.05) is 30.3 Å². The van der Waals surface area contributed by atoms with E-state index < -0.39 is 5.56 Å². The zero-order chi connectivity index (χ0) is 13.9. The third-order valence-electron chi connectivity index (χ3n) is 2.98. The second-order valence-electron chi connectivity index (χ2n) is 4.31. The van der Waals surface area contributed by atoms with Crippen molar-refractivity contribution in [3.63, 3.8) is 0 Å². The van der Waals surface area contributed by atoms with Crippen molar-refractivity contribution in [2.24, 2.45) is 0 Å². The summed E-state index contributed by atoms with van der Waals surface area (Å²) in [5.74, 6) is 0. The maximum atomic E-state index is 11.7. The Balaban J connectivity index is 2.00. The molecule has 1 aromatic carbocycles. The van der Waals surface area contributed by atoms with Crippen LogP contribution in [0.15, 0.2) is 53.7 Å². The molecule has 0 unspecified atom stereocenters. The number of nitrogens with zero attached hydrogens (tertiary/aromatic N) is 3. The van der Waals surface area contributed by atoms with Crippen LogP contribution in [0, 0.1) is 0 Å². The predicted molar refractivity (Wildman–Crippen MR) is 74.8 cm³/mol. The van der Waals surface area contributed by atoms with Crippen LogP contribution in [0.1, 0.15) is 5.56 Å². The van der Waals surface area contributed by atoms with E-state index in [0.29, 0.717) is 22.3 Å². The lowest BCUT2D eigenvalue weighted by Crippen LogP contribution is -2.19. The molecule has 0 aliphatic rings. The minimum absolute atomic E-state index is 0.183. The lowest BCUT2D eigenvalue weighted by Gasteiger charge is -2.10. The van der Waals surface area contributed by atoms with E-state index in [-0.39, 0.29) is 5.65 Å². The van der Waals surface area contributed by atoms with E-state index in [1.807, 2.05) is 30.3 Å². The van der Waals surface area contributed by atoms with E-state index in [0.717, 1.165) is 5.56 Å². The Bertz CT molecular complexity index is 799. The molecule has 0 atom stereocenters. The molecule has 6 nitrogen and oxygen atoms in total. The lowest BCUT2D eigenvalue weighted by atomic mass is 10.2. The molecule has 0 aliphatic carbocycles. The fraction of sp³-hybridized carbons (Fsp3) is 0.0714. The van der Waals surface area contributed by atoms with E-state index in [1.54, 1.807) is 6.20 Å². The summed E-state index contributed by atoms with van der Waals surface area (Å²) in [4.78, 5) is 19.5. The van der Waals surface area contributed by atoms with Gasteiger partial charge in [0.2, 0.25) is 0 Å². The van der Waals surface area contributed by atoms with E-state index in [1.165, 1.54) is 12.4 Å². The van der Waals surface area contributed by atoms with Gasteiger partial charge in [-0.25, -0.2) is 9.97 Å². The van der Waals surface area contributed by atoms with Crippen LogP contribution in [-0.2, 0) is 6.54 Å². The molecule has 0 spiro atoms. The molecule has 3 rings (SSSR count). The molecular weight excluding hydrogens is 256 g/mol. The molecule has 3 aromatic rings. The zero-order valence-corrected chi connectivity index (χ0v) is 10.5. The van der Waals surface area contributed by atoms with Crippen LogP contribution in [0.2, 0.25) is 0 Å². The van der Waals surface area contributed by atoms with Crippen molar-refractivity contribution >= 4 is 16.7 Å². The van der Waals surface area contributed by atoms with E-state index in [4.69, 9.17) is 0 Å². The van der Waals surface area contributed by atoms with Gasteiger partial charge in [-0.3, -0.25) is 4.79 Å². The van der Waals surface area contributed by atoms with Crippen LogP contribution < -0.4 is 10.9 Å². The number of nitrogens with one attached hydrogen (secondary N) is 1. The monoisotopic (exact) mass is 268 g/mol. The molecule has 20 heavy (non-hydrogen) atoms. The summed E-state index contributed by atoms with van der Waals surface area (Å²) in [5.41, 5.74) is 1.33. The van der Waals surface area contributed by atoms with Gasteiger partial charge in [-0.05, 0) is 5.56 Å². The number of hydrogen-bond donors (Lipinski definition) is 2. The van der Waals surface area contributed by atoms with Crippen molar-refractivity contribution in [3.05, 3.63) is 64.8 Å². The molecule has 0 saturated heterocycles. The molecule has 0 bridgehead atoms. The summed E-state index contributed by atoms with van der Waals surface area (Å²) in [6.45, 7) is 0.569. The van der Waals surface area contributed by atoms with Crippen molar-refractivity contribution in [3.8, 4) is 0 Å². The van der Waals surface area contributed by atoms with Gasteiger partial charge in [-0.2, -0.15) is 0 Å². The number of hydrogen-bond acceptors (Lipinski definition) is 5. The van der Waals surface area contributed by atoms with E-state index >= 15 is 0 Å². The summed E-state index contributed by atoms with van der Waals surface area (Å²) in [6.07, 6.45) is 2.84. The largest absolute Gasteiger partial charge is 0.423 e. The Hall–Kier alpha value is -2.89. The highest BCUT2D eigenvalue weighted by atomic mass is 16.5. The second kappa shape index (κ2) is 5.00. The molecule has 0 fully saturated rings. The number of anilines is 1. The predicted octanol–water partition coefficient (Wildman–Crippen LogP) is 1.64. The maximum absolute atomic E-state index is 11.7. The topological polar surface area (TPSA) is 80.0 Å². The lowest BCUT2D eigenvalue weighted by molar-refractivity contribution is 0.186. The first-order valence-electron chi connectivity index (χ1n) is 6.08. The Morgan fingerprint density at radius 3 is 2.85 bits per heavy atom. The van der Waals surface area contributed by atoms with E-state index in [9.17, 15) is 10.0 Å². The van der Waals surface area contributed by atoms with Crippen LogP contribution in [-0.4, -0.2) is 19.9 Å². The standard InChI is InChI=1S/C14H12N4O2/c19-13-6-12(16-7-10-4-2-1-3-5-10)11-8-15-9-17-14(11)18(13)20/h1-6,8-9,16,20H,7H2. The van der Waals surface area contributed by atoms with Crippen LogP contribution in [0.4, 0.5) is 5.69 Å². The zero-order valence-electron chi connectivity index (χ0n) is 10.5. The number of benzene rings is 1. The van der Waals surface area contributed by atoms with Gasteiger partial charge in [0.1, 0.15) is 6.33 Å². The fourth-order valence-electron chi connectivity index (χ4n) is 1.99. The average Bonchev–Trinajstić information content (AvgIpc) is 2.50. The van der Waals surface area contributed by atoms with Crippen LogP contribution >= 0.6 is 0 Å². The Morgan fingerprint density at radius 2 is 2.05 bits per heavy atom. The Morgan fingerprint density at radius 1 is 1.25 bits per heavy atom. The van der Waals surface area contributed by atoms with Gasteiger partial charge in [0, 0.05) is 18.8 Å². The molecule has 0 aliphatic heterocycles. The molecule has 2 heterocycles. The summed E-state index contributed by atoms with van der Waals surface area (Å²) in [6, 6.07) is 11.1. The minimum Gasteiger partial charge on any atom is -0.423 e. The van der Waals surface area contributed by atoms with Crippen molar-refractivity contribution in [1.29, 1.82) is 0 Å². The third-order valence-corrected chi connectivity index (χ3v) is 2.98. The quantitative estimate of drug-likeness (QED) is 0.706. The number of pyridine rings is 1. The van der Waals surface area contributed by atoms with Gasteiger partial charge in [0.25, 0.3) is 5.56 Å². The highest BCUT2D eigenvalue weighted by molar-refractivity contribution is 5.87. The highest BCUT2D eigenvalue weighted by Gasteiger charge is 2.09. The summed E-state index contributed by atoms with van der Waals surface area (Å²) < 4.78 is 0.519. The average molecular weight is 268 g/mol. The first-order valence-corrected chi connectivity index (χ1v) is 6.08. The van der Waals surface area contributed by atoms with Crippen molar-refractivity contribution < 1.29 is 5.21 Å². The fourth-order valence-corrected chi connectivity index (χ4v) is 1.99. The first-order chi connectivity index (χ1) is 9.75. The van der Waals surface area contributed by atoms with Crippen LogP contribution in [0.3, 0.4) is 0 Å². The van der Waals surface area contributed by atoms with Gasteiger partial charge in [0.05, 0.1) is 11.1 Å². The third kappa shape index (κ3) is 2.18. The molecule has 2 N–H and O–H groups in total. The molecule has 0 radical (unpaired) electrons. The minimum atomic E-state index is -0.535.